The Labute approximate surface area is 171 Å². The topological polar surface area (TPSA) is 60.4 Å². The zero-order chi connectivity index (χ0) is 18.4. The molecule has 0 amide bonds. The SMILES string of the molecule is O=C1OC(=O)C2C1[C@H]1C=C[C@@H]2[C@]23[C@H]4[C@@H]5C[C@H]6[C@H](C(=O)[C@@]12[C@H]64)[C@@H]5C31SCCCS1. The maximum Gasteiger partial charge on any atom is 0.318 e. The second-order valence-electron chi connectivity index (χ2n) is 10.7. The van der Waals surface area contributed by atoms with Gasteiger partial charge in [-0.05, 0) is 53.9 Å². The van der Waals surface area contributed by atoms with Crippen LogP contribution in [-0.4, -0.2) is 33.3 Å². The number of carbonyl (C=O) groups is 3. The third-order valence-corrected chi connectivity index (χ3v) is 14.8. The van der Waals surface area contributed by atoms with E-state index < -0.39 is 5.92 Å². The summed E-state index contributed by atoms with van der Waals surface area (Å²) in [5, 5.41) is 0. The van der Waals surface area contributed by atoms with Gasteiger partial charge >= 0.3 is 11.9 Å². The number of ether oxygens (including phenoxy) is 1. The van der Waals surface area contributed by atoms with Gasteiger partial charge in [-0.3, -0.25) is 14.4 Å². The van der Waals surface area contributed by atoms with Gasteiger partial charge in [-0.25, -0.2) is 0 Å². The molecule has 144 valence electrons. The first-order chi connectivity index (χ1) is 13.6. The molecule has 6 heteroatoms. The molecule has 0 N–H and O–H groups in total. The second kappa shape index (κ2) is 3.93. The van der Waals surface area contributed by atoms with Crippen LogP contribution in [0.5, 0.6) is 0 Å². The Morgan fingerprint density at radius 1 is 0.857 bits per heavy atom. The van der Waals surface area contributed by atoms with E-state index in [4.69, 9.17) is 4.74 Å². The van der Waals surface area contributed by atoms with Gasteiger partial charge in [-0.15, -0.1) is 23.5 Å². The lowest BCUT2D eigenvalue weighted by atomic mass is 9.26. The Bertz CT molecular complexity index is 983. The van der Waals surface area contributed by atoms with Crippen molar-refractivity contribution < 1.29 is 19.1 Å². The van der Waals surface area contributed by atoms with Gasteiger partial charge in [0.25, 0.3) is 0 Å². The molecule has 6 saturated carbocycles. The molecular weight excluding hydrogens is 392 g/mol. The molecule has 8 fully saturated rings. The number of hydrogen-bond donors (Lipinski definition) is 0. The third-order valence-electron chi connectivity index (χ3n) is 11.0. The highest BCUT2D eigenvalue weighted by Crippen LogP contribution is 3.01. The van der Waals surface area contributed by atoms with Gasteiger partial charge in [0.1, 0.15) is 5.78 Å². The largest absolute Gasteiger partial charge is 0.393 e. The van der Waals surface area contributed by atoms with Crippen LogP contribution < -0.4 is 0 Å². The molecule has 2 aliphatic heterocycles. The molecule has 4 bridgehead atoms. The first kappa shape index (κ1) is 15.1. The Kier molecular flexibility index (Phi) is 2.12. The maximum absolute atomic E-state index is 14.2. The van der Waals surface area contributed by atoms with Gasteiger partial charge in [0.2, 0.25) is 0 Å². The molecule has 0 radical (unpaired) electrons. The fourth-order valence-corrected chi connectivity index (χ4v) is 16.0. The van der Waals surface area contributed by atoms with Crippen molar-refractivity contribution in [3.63, 3.8) is 0 Å². The van der Waals surface area contributed by atoms with Crippen molar-refractivity contribution >= 4 is 41.2 Å². The number of Topliss-reactive ketones (excluding diaryl/α,β-unsaturated/α-hetero) is 1. The molecule has 4 nitrogen and oxygen atoms in total. The fraction of sp³-hybridized carbons (Fsp3) is 0.773. The highest BCUT2D eigenvalue weighted by molar-refractivity contribution is 8.18. The summed E-state index contributed by atoms with van der Waals surface area (Å²) in [6, 6.07) is 0. The van der Waals surface area contributed by atoms with E-state index in [1.54, 1.807) is 0 Å². The number of allylic oxidation sites excluding steroid dienone is 2. The maximum atomic E-state index is 14.2. The molecule has 0 aromatic rings. The van der Waals surface area contributed by atoms with Gasteiger partial charge < -0.3 is 4.74 Å². The van der Waals surface area contributed by atoms with Crippen LogP contribution in [0.25, 0.3) is 0 Å². The summed E-state index contributed by atoms with van der Waals surface area (Å²) >= 11 is 4.30. The van der Waals surface area contributed by atoms with E-state index in [0.29, 0.717) is 35.4 Å². The molecule has 2 heterocycles. The Balaban J connectivity index is 1.41. The van der Waals surface area contributed by atoms with Crippen molar-refractivity contribution in [2.45, 2.75) is 16.9 Å². The highest BCUT2D eigenvalue weighted by Gasteiger charge is 3.03. The molecule has 2 saturated heterocycles. The minimum atomic E-state index is -0.399. The first-order valence-corrected chi connectivity index (χ1v) is 12.9. The number of carbonyl (C=O) groups excluding carboxylic acids is 3. The van der Waals surface area contributed by atoms with Crippen LogP contribution >= 0.6 is 23.5 Å². The third kappa shape index (κ3) is 0.962. The first-order valence-electron chi connectivity index (χ1n) is 10.9. The number of thioether (sulfide) groups is 2. The van der Waals surface area contributed by atoms with E-state index in [0.717, 1.165) is 0 Å². The molecule has 12 atom stereocenters. The number of cyclic esters (lactones) is 2. The Hall–Kier alpha value is -0.750. The zero-order valence-electron chi connectivity index (χ0n) is 15.2. The number of rotatable bonds is 0. The molecule has 10 rings (SSSR count). The highest BCUT2D eigenvalue weighted by atomic mass is 32.2. The number of fused-ring (bicyclic) bond motifs is 2. The molecule has 0 aromatic heterocycles. The molecule has 3 spiro atoms. The lowest BCUT2D eigenvalue weighted by Crippen LogP contribution is -2.82. The van der Waals surface area contributed by atoms with E-state index in [2.05, 4.69) is 35.7 Å². The fourth-order valence-electron chi connectivity index (χ4n) is 11.4. The van der Waals surface area contributed by atoms with Crippen LogP contribution in [0.4, 0.5) is 0 Å². The molecule has 10 aliphatic rings. The van der Waals surface area contributed by atoms with Gasteiger partial charge in [-0.1, -0.05) is 12.2 Å². The standard InChI is InChI=1S/C22H20O4S2/c23-17-11-7-6-8-14(11)22(27-4-1-5-28-22)21-10-3-2-9(20(17,21)15(7)16(8)21)12-13(10)19(25)26-18(12)24/h2-3,7-16H,1,4-6H2/t7-,8+,9+,10-,11-,12?,13?,14+,15+,16-,20-,21-/m0/s1. The van der Waals surface area contributed by atoms with E-state index >= 15 is 0 Å². The lowest BCUT2D eigenvalue weighted by molar-refractivity contribution is -0.261. The number of ketones is 1. The van der Waals surface area contributed by atoms with E-state index in [1.807, 2.05) is 0 Å². The Morgan fingerprint density at radius 2 is 1.57 bits per heavy atom. The minimum Gasteiger partial charge on any atom is -0.393 e. The zero-order valence-corrected chi connectivity index (χ0v) is 16.8. The van der Waals surface area contributed by atoms with Gasteiger partial charge in [0, 0.05) is 28.6 Å². The second-order valence-corrected chi connectivity index (χ2v) is 13.7. The van der Waals surface area contributed by atoms with Gasteiger partial charge in [0.15, 0.2) is 0 Å². The molecule has 0 aromatic carbocycles. The van der Waals surface area contributed by atoms with Crippen molar-refractivity contribution in [3.05, 3.63) is 12.2 Å². The van der Waals surface area contributed by atoms with Crippen LogP contribution in [0.2, 0.25) is 0 Å². The van der Waals surface area contributed by atoms with Crippen molar-refractivity contribution in [3.8, 4) is 0 Å². The van der Waals surface area contributed by atoms with Crippen LogP contribution in [0, 0.1) is 70.0 Å². The molecule has 2 unspecified atom stereocenters. The number of esters is 2. The molecular formula is C22H20O4S2. The van der Waals surface area contributed by atoms with Crippen molar-refractivity contribution in [2.75, 3.05) is 11.5 Å². The van der Waals surface area contributed by atoms with Crippen LogP contribution in [0.3, 0.4) is 0 Å². The summed E-state index contributed by atoms with van der Waals surface area (Å²) in [5.74, 6) is 4.46. The van der Waals surface area contributed by atoms with Crippen LogP contribution in [-0.2, 0) is 19.1 Å². The monoisotopic (exact) mass is 412 g/mol. The summed E-state index contributed by atoms with van der Waals surface area (Å²) in [4.78, 5) is 39.7. The van der Waals surface area contributed by atoms with Crippen molar-refractivity contribution in [1.29, 1.82) is 0 Å². The smallest absolute Gasteiger partial charge is 0.318 e. The lowest BCUT2D eigenvalue weighted by Gasteiger charge is -2.78. The van der Waals surface area contributed by atoms with Gasteiger partial charge in [0.05, 0.1) is 15.9 Å². The van der Waals surface area contributed by atoms with E-state index in [9.17, 15) is 14.4 Å². The Morgan fingerprint density at radius 3 is 2.36 bits per heavy atom. The quantitative estimate of drug-likeness (QED) is 0.346. The van der Waals surface area contributed by atoms with Crippen LogP contribution in [0.1, 0.15) is 12.8 Å². The number of hydrogen-bond acceptors (Lipinski definition) is 6. The van der Waals surface area contributed by atoms with E-state index in [-0.39, 0.29) is 50.5 Å². The molecule has 8 aliphatic carbocycles. The normalized spacial score (nSPS) is 66.6. The van der Waals surface area contributed by atoms with Crippen LogP contribution in [0.15, 0.2) is 12.2 Å². The predicted molar refractivity (Wildman–Crippen MR) is 102 cm³/mol. The van der Waals surface area contributed by atoms with Crippen molar-refractivity contribution in [1.82, 2.24) is 0 Å². The van der Waals surface area contributed by atoms with E-state index in [1.165, 1.54) is 24.3 Å². The predicted octanol–water partition coefficient (Wildman–Crippen LogP) is 2.38. The summed E-state index contributed by atoms with van der Waals surface area (Å²) in [5.41, 5.74) is -0.463. The van der Waals surface area contributed by atoms with Gasteiger partial charge in [-0.2, -0.15) is 0 Å². The minimum absolute atomic E-state index is 0.0232. The summed E-state index contributed by atoms with van der Waals surface area (Å²) in [7, 11) is 0. The van der Waals surface area contributed by atoms with Crippen molar-refractivity contribution in [2.24, 2.45) is 70.0 Å². The molecule has 28 heavy (non-hydrogen) atoms. The average Bonchev–Trinajstić information content (AvgIpc) is 3.33. The summed E-state index contributed by atoms with van der Waals surface area (Å²) in [6.45, 7) is 0. The summed E-state index contributed by atoms with van der Waals surface area (Å²) in [6.07, 6.45) is 6.92. The summed E-state index contributed by atoms with van der Waals surface area (Å²) < 4.78 is 5.31. The average molecular weight is 413 g/mol.